The number of sulfone groups is 1. The number of nitrogens with two attached hydrogens (primary N) is 1. The normalized spacial score (nSPS) is 33.5. The third-order valence-electron chi connectivity index (χ3n) is 2.61. The Kier molecular flexibility index (Phi) is 3.35. The van der Waals surface area contributed by atoms with Crippen molar-refractivity contribution in [1.82, 2.24) is 0 Å². The second kappa shape index (κ2) is 3.96. The quantitative estimate of drug-likeness (QED) is 0.725. The molecule has 0 aromatic rings. The molecule has 1 fully saturated rings. The van der Waals surface area contributed by atoms with Crippen LogP contribution in [0.2, 0.25) is 0 Å². The number of rotatable bonds is 2. The molecule has 13 heavy (non-hydrogen) atoms. The van der Waals surface area contributed by atoms with Crippen LogP contribution < -0.4 is 5.73 Å². The Balaban J connectivity index is 2.61. The molecule has 2 unspecified atom stereocenters. The Labute approximate surface area is 80.6 Å². The molecule has 78 valence electrons. The van der Waals surface area contributed by atoms with Crippen LogP contribution in [0.15, 0.2) is 0 Å². The van der Waals surface area contributed by atoms with E-state index in [1.807, 2.05) is 0 Å². The van der Waals surface area contributed by atoms with E-state index in [2.05, 4.69) is 13.8 Å². The molecule has 0 amide bonds. The Morgan fingerprint density at radius 1 is 1.46 bits per heavy atom. The summed E-state index contributed by atoms with van der Waals surface area (Å²) in [5.74, 6) is 1.29. The fraction of sp³-hybridized carbons (Fsp3) is 1.00. The van der Waals surface area contributed by atoms with Gasteiger partial charge in [0.15, 0.2) is 9.84 Å². The van der Waals surface area contributed by atoms with Crippen molar-refractivity contribution < 1.29 is 8.42 Å². The van der Waals surface area contributed by atoms with Gasteiger partial charge in [0.2, 0.25) is 0 Å². The zero-order valence-corrected chi connectivity index (χ0v) is 9.18. The predicted molar refractivity (Wildman–Crippen MR) is 54.2 cm³/mol. The molecule has 1 saturated heterocycles. The average Bonchev–Trinajstić information content (AvgIpc) is 1.95. The minimum atomic E-state index is -2.79. The largest absolute Gasteiger partial charge is 0.327 e. The van der Waals surface area contributed by atoms with Gasteiger partial charge in [-0.05, 0) is 24.7 Å². The van der Waals surface area contributed by atoms with Gasteiger partial charge in [-0.15, -0.1) is 0 Å². The highest BCUT2D eigenvalue weighted by atomic mass is 32.2. The van der Waals surface area contributed by atoms with E-state index in [-0.39, 0.29) is 17.7 Å². The first-order chi connectivity index (χ1) is 5.91. The van der Waals surface area contributed by atoms with Crippen molar-refractivity contribution in [2.45, 2.75) is 32.7 Å². The zero-order valence-electron chi connectivity index (χ0n) is 8.36. The van der Waals surface area contributed by atoms with Crippen LogP contribution in [0.4, 0.5) is 0 Å². The van der Waals surface area contributed by atoms with Crippen molar-refractivity contribution in [3.63, 3.8) is 0 Å². The second-order valence-electron chi connectivity index (χ2n) is 4.46. The van der Waals surface area contributed by atoms with Crippen molar-refractivity contribution in [1.29, 1.82) is 0 Å². The van der Waals surface area contributed by atoms with Gasteiger partial charge in [-0.2, -0.15) is 0 Å². The number of hydrogen-bond donors (Lipinski definition) is 1. The van der Waals surface area contributed by atoms with Crippen LogP contribution in [0.25, 0.3) is 0 Å². The lowest BCUT2D eigenvalue weighted by Crippen LogP contribution is -2.42. The Hall–Kier alpha value is -0.0900. The van der Waals surface area contributed by atoms with Gasteiger partial charge in [0.1, 0.15) is 0 Å². The van der Waals surface area contributed by atoms with Gasteiger partial charge in [-0.1, -0.05) is 13.8 Å². The summed E-state index contributed by atoms with van der Waals surface area (Å²) in [7, 11) is -2.79. The molecule has 3 nitrogen and oxygen atoms in total. The first-order valence-electron chi connectivity index (χ1n) is 4.87. The topological polar surface area (TPSA) is 60.2 Å². The summed E-state index contributed by atoms with van der Waals surface area (Å²) in [6, 6.07) is 0.0888. The summed E-state index contributed by atoms with van der Waals surface area (Å²) < 4.78 is 22.7. The fourth-order valence-electron chi connectivity index (χ4n) is 1.93. The molecule has 0 aromatic heterocycles. The standard InChI is InChI=1S/C9H19NO2S/c1-7(2)5-8-6-13(11,12)4-3-9(8)10/h7-9H,3-6,10H2,1-2H3. The highest BCUT2D eigenvalue weighted by molar-refractivity contribution is 7.91. The first-order valence-corrected chi connectivity index (χ1v) is 6.69. The highest BCUT2D eigenvalue weighted by Gasteiger charge is 2.30. The Morgan fingerprint density at radius 3 is 2.62 bits per heavy atom. The molecule has 0 radical (unpaired) electrons. The summed E-state index contributed by atoms with van der Waals surface area (Å²) in [6.45, 7) is 4.21. The Morgan fingerprint density at radius 2 is 2.08 bits per heavy atom. The molecular formula is C9H19NO2S. The van der Waals surface area contributed by atoms with Crippen molar-refractivity contribution >= 4 is 9.84 Å². The van der Waals surface area contributed by atoms with E-state index in [1.54, 1.807) is 0 Å². The van der Waals surface area contributed by atoms with E-state index in [4.69, 9.17) is 5.73 Å². The van der Waals surface area contributed by atoms with Crippen molar-refractivity contribution in [3.05, 3.63) is 0 Å². The van der Waals surface area contributed by atoms with Gasteiger partial charge in [0.05, 0.1) is 11.5 Å². The minimum absolute atomic E-state index is 0.0888. The maximum Gasteiger partial charge on any atom is 0.150 e. The summed E-state index contributed by atoms with van der Waals surface area (Å²) >= 11 is 0. The number of hydrogen-bond acceptors (Lipinski definition) is 3. The van der Waals surface area contributed by atoms with E-state index < -0.39 is 9.84 Å². The second-order valence-corrected chi connectivity index (χ2v) is 6.69. The van der Waals surface area contributed by atoms with Crippen LogP contribution in [-0.2, 0) is 9.84 Å². The third kappa shape index (κ3) is 3.27. The van der Waals surface area contributed by atoms with E-state index >= 15 is 0 Å². The van der Waals surface area contributed by atoms with E-state index in [0.29, 0.717) is 18.1 Å². The maximum atomic E-state index is 11.3. The molecule has 0 bridgehead atoms. The highest BCUT2D eigenvalue weighted by Crippen LogP contribution is 2.23. The van der Waals surface area contributed by atoms with E-state index in [1.165, 1.54) is 0 Å². The van der Waals surface area contributed by atoms with Crippen molar-refractivity contribution in [3.8, 4) is 0 Å². The predicted octanol–water partition coefficient (Wildman–Crippen LogP) is 0.794. The molecule has 1 aliphatic rings. The van der Waals surface area contributed by atoms with Gasteiger partial charge in [0, 0.05) is 6.04 Å². The molecule has 0 aromatic carbocycles. The molecule has 2 atom stereocenters. The molecule has 0 saturated carbocycles. The van der Waals surface area contributed by atoms with Crippen LogP contribution in [0.1, 0.15) is 26.7 Å². The van der Waals surface area contributed by atoms with Gasteiger partial charge >= 0.3 is 0 Å². The van der Waals surface area contributed by atoms with Crippen LogP contribution in [0.5, 0.6) is 0 Å². The van der Waals surface area contributed by atoms with Crippen LogP contribution in [-0.4, -0.2) is 26.0 Å². The van der Waals surface area contributed by atoms with Crippen molar-refractivity contribution in [2.24, 2.45) is 17.6 Å². The van der Waals surface area contributed by atoms with Gasteiger partial charge in [-0.3, -0.25) is 0 Å². The molecule has 4 heteroatoms. The maximum absolute atomic E-state index is 11.3. The fourth-order valence-corrected chi connectivity index (χ4v) is 3.77. The summed E-state index contributed by atoms with van der Waals surface area (Å²) in [4.78, 5) is 0. The third-order valence-corrected chi connectivity index (χ3v) is 4.40. The van der Waals surface area contributed by atoms with E-state index in [0.717, 1.165) is 6.42 Å². The van der Waals surface area contributed by atoms with Crippen LogP contribution >= 0.6 is 0 Å². The molecule has 0 aliphatic carbocycles. The Bertz CT molecular complexity index is 259. The first kappa shape index (κ1) is 11.0. The molecule has 1 rings (SSSR count). The van der Waals surface area contributed by atoms with Crippen LogP contribution in [0.3, 0.4) is 0 Å². The summed E-state index contributed by atoms with van der Waals surface area (Å²) in [5.41, 5.74) is 5.88. The monoisotopic (exact) mass is 205 g/mol. The molecule has 0 spiro atoms. The smallest absolute Gasteiger partial charge is 0.150 e. The summed E-state index contributed by atoms with van der Waals surface area (Å²) in [6.07, 6.45) is 1.57. The molecular weight excluding hydrogens is 186 g/mol. The molecule has 1 heterocycles. The molecule has 2 N–H and O–H groups in total. The lowest BCUT2D eigenvalue weighted by atomic mass is 9.91. The average molecular weight is 205 g/mol. The van der Waals surface area contributed by atoms with Gasteiger partial charge in [-0.25, -0.2) is 8.42 Å². The summed E-state index contributed by atoms with van der Waals surface area (Å²) in [5, 5.41) is 0. The van der Waals surface area contributed by atoms with Crippen molar-refractivity contribution in [2.75, 3.05) is 11.5 Å². The SMILES string of the molecule is CC(C)CC1CS(=O)(=O)CCC1N. The van der Waals surface area contributed by atoms with Gasteiger partial charge < -0.3 is 5.73 Å². The van der Waals surface area contributed by atoms with Gasteiger partial charge in [0.25, 0.3) is 0 Å². The zero-order chi connectivity index (χ0) is 10.1. The minimum Gasteiger partial charge on any atom is -0.327 e. The lowest BCUT2D eigenvalue weighted by molar-refractivity contribution is 0.354. The molecule has 1 aliphatic heterocycles. The van der Waals surface area contributed by atoms with E-state index in [9.17, 15) is 8.42 Å². The van der Waals surface area contributed by atoms with Crippen LogP contribution in [0, 0.1) is 11.8 Å². The lowest BCUT2D eigenvalue weighted by Gasteiger charge is -2.29.